The molecule has 0 saturated heterocycles. The van der Waals surface area contributed by atoms with E-state index in [2.05, 4.69) is 71.2 Å². The van der Waals surface area contributed by atoms with Crippen LogP contribution in [0.5, 0.6) is 5.75 Å². The summed E-state index contributed by atoms with van der Waals surface area (Å²) in [6.45, 7) is 7.45. The first-order chi connectivity index (χ1) is 14.6. The van der Waals surface area contributed by atoms with Crippen molar-refractivity contribution in [3.63, 3.8) is 0 Å². The average molecular weight is 437 g/mol. The lowest BCUT2D eigenvalue weighted by Crippen LogP contribution is -2.07. The largest absolute Gasteiger partial charge is 0.486 e. The van der Waals surface area contributed by atoms with Crippen LogP contribution in [0.2, 0.25) is 0 Å². The number of ether oxygens (including phenoxy) is 1. The van der Waals surface area contributed by atoms with Gasteiger partial charge in [-0.1, -0.05) is 53.7 Å². The molecule has 4 aromatic rings. The van der Waals surface area contributed by atoms with E-state index in [1.807, 2.05) is 18.2 Å². The molecule has 4 rings (SSSR count). The van der Waals surface area contributed by atoms with E-state index in [0.717, 1.165) is 45.3 Å². The minimum absolute atomic E-state index is 0.402. The van der Waals surface area contributed by atoms with Crippen LogP contribution in [-0.2, 0) is 18.9 Å². The molecule has 2 heterocycles. The molecule has 0 unspecified atom stereocenters. The van der Waals surface area contributed by atoms with E-state index in [1.54, 1.807) is 23.1 Å². The van der Waals surface area contributed by atoms with Crippen molar-refractivity contribution >= 4 is 23.1 Å². The van der Waals surface area contributed by atoms with E-state index >= 15 is 0 Å². The fraction of sp³-hybridized carbons (Fsp3) is 0.261. The summed E-state index contributed by atoms with van der Waals surface area (Å²) in [5.41, 5.74) is 4.65. The molecule has 0 saturated carbocycles. The van der Waals surface area contributed by atoms with Crippen LogP contribution in [0.15, 0.2) is 59.1 Å². The number of rotatable bonds is 8. The van der Waals surface area contributed by atoms with Gasteiger partial charge in [0.2, 0.25) is 0 Å². The summed E-state index contributed by atoms with van der Waals surface area (Å²) in [5.74, 6) is 2.44. The summed E-state index contributed by atoms with van der Waals surface area (Å²) in [5, 5.41) is 12.8. The van der Waals surface area contributed by atoms with Gasteiger partial charge in [-0.15, -0.1) is 21.5 Å². The van der Waals surface area contributed by atoms with E-state index < -0.39 is 0 Å². The van der Waals surface area contributed by atoms with Crippen LogP contribution >= 0.6 is 23.1 Å². The second kappa shape index (κ2) is 9.45. The van der Waals surface area contributed by atoms with Crippen molar-refractivity contribution in [1.29, 1.82) is 0 Å². The van der Waals surface area contributed by atoms with Crippen molar-refractivity contribution in [1.82, 2.24) is 19.7 Å². The number of nitrogens with zero attached hydrogens (tertiary/aromatic N) is 4. The molecule has 0 amide bonds. The smallest absolute Gasteiger partial charge is 0.191 e. The van der Waals surface area contributed by atoms with Gasteiger partial charge in [0.1, 0.15) is 17.4 Å². The second-order valence-corrected chi connectivity index (χ2v) is 8.85. The summed E-state index contributed by atoms with van der Waals surface area (Å²) in [6.07, 6.45) is 0. The van der Waals surface area contributed by atoms with Gasteiger partial charge < -0.3 is 9.30 Å². The van der Waals surface area contributed by atoms with Crippen molar-refractivity contribution in [2.45, 2.75) is 44.8 Å². The Bertz CT molecular complexity index is 1120. The van der Waals surface area contributed by atoms with Crippen LogP contribution in [0.4, 0.5) is 0 Å². The average Bonchev–Trinajstić information content (AvgIpc) is 3.38. The van der Waals surface area contributed by atoms with Gasteiger partial charge >= 0.3 is 0 Å². The third-order valence-electron chi connectivity index (χ3n) is 4.67. The maximum absolute atomic E-state index is 5.91. The number of hydrogen-bond acceptors (Lipinski definition) is 6. The normalized spacial score (nSPS) is 11.0. The Balaban J connectivity index is 1.40. The zero-order valence-electron chi connectivity index (χ0n) is 17.3. The molecule has 5 nitrogen and oxygen atoms in total. The molecule has 0 spiro atoms. The summed E-state index contributed by atoms with van der Waals surface area (Å²) in [4.78, 5) is 4.79. The van der Waals surface area contributed by atoms with Crippen LogP contribution in [-0.4, -0.2) is 19.7 Å². The van der Waals surface area contributed by atoms with Gasteiger partial charge in [-0.2, -0.15) is 0 Å². The van der Waals surface area contributed by atoms with E-state index in [0.29, 0.717) is 6.61 Å². The number of aromatic nitrogens is 4. The highest BCUT2D eigenvalue weighted by Crippen LogP contribution is 2.28. The summed E-state index contributed by atoms with van der Waals surface area (Å²) in [6, 6.07) is 16.5. The maximum Gasteiger partial charge on any atom is 0.191 e. The predicted molar refractivity (Wildman–Crippen MR) is 123 cm³/mol. The Kier molecular flexibility index (Phi) is 6.50. The number of benzene rings is 2. The van der Waals surface area contributed by atoms with E-state index in [9.17, 15) is 0 Å². The lowest BCUT2D eigenvalue weighted by atomic mass is 10.2. The molecule has 2 aromatic heterocycles. The van der Waals surface area contributed by atoms with Crippen molar-refractivity contribution in [3.8, 4) is 16.3 Å². The number of aryl methyl sites for hydroxylation is 2. The lowest BCUT2D eigenvalue weighted by molar-refractivity contribution is 0.288. The van der Waals surface area contributed by atoms with Crippen molar-refractivity contribution in [2.24, 2.45) is 0 Å². The van der Waals surface area contributed by atoms with Gasteiger partial charge in [-0.05, 0) is 38.5 Å². The van der Waals surface area contributed by atoms with E-state index in [4.69, 9.17) is 9.72 Å². The minimum atomic E-state index is 0.402. The molecule has 0 aliphatic heterocycles. The molecule has 7 heteroatoms. The van der Waals surface area contributed by atoms with Crippen molar-refractivity contribution < 1.29 is 4.74 Å². The Morgan fingerprint density at radius 1 is 1.03 bits per heavy atom. The van der Waals surface area contributed by atoms with Crippen molar-refractivity contribution in [3.05, 3.63) is 76.6 Å². The first kappa shape index (κ1) is 20.6. The first-order valence-electron chi connectivity index (χ1n) is 9.88. The molecular weight excluding hydrogens is 412 g/mol. The Morgan fingerprint density at radius 3 is 2.63 bits per heavy atom. The van der Waals surface area contributed by atoms with Crippen molar-refractivity contribution in [2.75, 3.05) is 0 Å². The van der Waals surface area contributed by atoms with Gasteiger partial charge in [-0.25, -0.2) is 4.98 Å². The van der Waals surface area contributed by atoms with Gasteiger partial charge in [0.25, 0.3) is 0 Å². The molecular formula is C23H24N4OS2. The predicted octanol–water partition coefficient (Wildman–Crippen LogP) is 5.91. The first-order valence-corrected chi connectivity index (χ1v) is 11.7. The highest BCUT2D eigenvalue weighted by molar-refractivity contribution is 7.98. The molecule has 0 bridgehead atoms. The number of thiazole rings is 1. The summed E-state index contributed by atoms with van der Waals surface area (Å²) < 4.78 is 8.01. The lowest BCUT2D eigenvalue weighted by Gasteiger charge is -2.09. The number of thioether (sulfide) groups is 1. The summed E-state index contributed by atoms with van der Waals surface area (Å²) >= 11 is 3.34. The quantitative estimate of drug-likeness (QED) is 0.321. The Labute approximate surface area is 185 Å². The van der Waals surface area contributed by atoms with Crippen LogP contribution < -0.4 is 4.74 Å². The monoisotopic (exact) mass is 436 g/mol. The standard InChI is InChI=1S/C23H24N4OS2/c1-4-27-21(13-28-20-7-5-6-17(3)12-20)25-26-23(27)30-15-19-14-29-22(24-19)18-10-8-16(2)9-11-18/h5-12,14H,4,13,15H2,1-3H3. The maximum atomic E-state index is 5.91. The molecule has 0 atom stereocenters. The second-order valence-electron chi connectivity index (χ2n) is 7.05. The van der Waals surface area contributed by atoms with Crippen LogP contribution in [0.1, 0.15) is 29.6 Å². The highest BCUT2D eigenvalue weighted by atomic mass is 32.2. The molecule has 0 aliphatic carbocycles. The zero-order chi connectivity index (χ0) is 20.9. The third-order valence-corrected chi connectivity index (χ3v) is 6.61. The highest BCUT2D eigenvalue weighted by Gasteiger charge is 2.13. The molecule has 0 fully saturated rings. The van der Waals surface area contributed by atoms with Gasteiger partial charge in [0.05, 0.1) is 5.69 Å². The SMILES string of the molecule is CCn1c(COc2cccc(C)c2)nnc1SCc1csc(-c2ccc(C)cc2)n1. The van der Waals surface area contributed by atoms with Crippen LogP contribution in [0, 0.1) is 13.8 Å². The Morgan fingerprint density at radius 2 is 1.87 bits per heavy atom. The zero-order valence-corrected chi connectivity index (χ0v) is 19.0. The molecule has 154 valence electrons. The fourth-order valence-electron chi connectivity index (χ4n) is 3.04. The molecule has 0 N–H and O–H groups in total. The van der Waals surface area contributed by atoms with E-state index in [-0.39, 0.29) is 0 Å². The molecule has 0 aliphatic rings. The Hall–Kier alpha value is -2.64. The van der Waals surface area contributed by atoms with Gasteiger partial charge in [0, 0.05) is 23.2 Å². The molecule has 0 radical (unpaired) electrons. The van der Waals surface area contributed by atoms with Gasteiger partial charge in [0.15, 0.2) is 11.0 Å². The third kappa shape index (κ3) is 4.91. The topological polar surface area (TPSA) is 52.8 Å². The minimum Gasteiger partial charge on any atom is -0.486 e. The molecule has 2 aromatic carbocycles. The fourth-order valence-corrected chi connectivity index (χ4v) is 4.89. The molecule has 30 heavy (non-hydrogen) atoms. The van der Waals surface area contributed by atoms with Crippen LogP contribution in [0.25, 0.3) is 10.6 Å². The van der Waals surface area contributed by atoms with Gasteiger partial charge in [-0.3, -0.25) is 0 Å². The summed E-state index contributed by atoms with van der Waals surface area (Å²) in [7, 11) is 0. The number of hydrogen-bond donors (Lipinski definition) is 0. The van der Waals surface area contributed by atoms with Crippen LogP contribution in [0.3, 0.4) is 0 Å². The van der Waals surface area contributed by atoms with E-state index in [1.165, 1.54) is 11.1 Å².